The molecule has 1 N–H and O–H groups in total. The van der Waals surface area contributed by atoms with Crippen LogP contribution in [0.5, 0.6) is 0 Å². The number of carbonyl (C=O) groups is 1. The third kappa shape index (κ3) is 49.5. The summed E-state index contributed by atoms with van der Waals surface area (Å²) in [4.78, 5) is 9.25. The van der Waals surface area contributed by atoms with Gasteiger partial charge >= 0.3 is 5.97 Å². The van der Waals surface area contributed by atoms with Gasteiger partial charge in [0.1, 0.15) is 0 Å². The summed E-state index contributed by atoms with van der Waals surface area (Å²) in [6.07, 6.45) is 0.833. The quantitative estimate of drug-likeness (QED) is 0.438. The van der Waals surface area contributed by atoms with Crippen LogP contribution in [0.1, 0.15) is 6.92 Å². The summed E-state index contributed by atoms with van der Waals surface area (Å²) in [5.41, 5.74) is 0. The summed E-state index contributed by atoms with van der Waals surface area (Å²) in [7, 11) is 0. The molecule has 0 aliphatic rings. The molecule has 0 radical (unpaired) electrons. The Hall–Kier alpha value is -0.500. The van der Waals surface area contributed by atoms with Crippen LogP contribution in [0.3, 0.4) is 0 Å². The van der Waals surface area contributed by atoms with Crippen molar-refractivity contribution in [3.8, 4) is 0 Å². The number of alkyl halides is 1. The maximum absolute atomic E-state index is 9.25. The van der Waals surface area contributed by atoms with Gasteiger partial charge in [-0.05, 0) is 0 Å². The number of hydrogen-bond donors (Lipinski definition) is 1. The van der Waals surface area contributed by atoms with Crippen LogP contribution >= 0.6 is 11.6 Å². The van der Waals surface area contributed by atoms with Crippen LogP contribution in [-0.2, 0) is 4.79 Å². The van der Waals surface area contributed by atoms with E-state index >= 15 is 0 Å². The first kappa shape index (κ1) is 10.5. The molecule has 0 heterocycles. The zero-order valence-corrected chi connectivity index (χ0v) is 5.48. The molecule has 0 saturated carbocycles. The Balaban J connectivity index is 0. The van der Waals surface area contributed by atoms with E-state index in [1.54, 1.807) is 0 Å². The van der Waals surface area contributed by atoms with Gasteiger partial charge in [0.15, 0.2) is 0 Å². The van der Waals surface area contributed by atoms with Gasteiger partial charge in [-0.15, -0.1) is 11.6 Å². The van der Waals surface area contributed by atoms with Crippen molar-refractivity contribution < 1.29 is 9.90 Å². The highest BCUT2D eigenvalue weighted by atomic mass is 35.5. The first-order chi connectivity index (χ1) is 3.68. The lowest BCUT2D eigenvalue weighted by molar-refractivity contribution is -0.131. The molecule has 0 unspecified atom stereocenters. The molecule has 3 heteroatoms. The highest BCUT2D eigenvalue weighted by molar-refractivity contribution is 6.17. The highest BCUT2D eigenvalue weighted by Crippen LogP contribution is 1.59. The van der Waals surface area contributed by atoms with Gasteiger partial charge in [-0.2, -0.15) is 0 Å². The van der Waals surface area contributed by atoms with Crippen LogP contribution in [0, 0.1) is 0 Å². The SMILES string of the molecule is C=CC(=O)O.CCCl. The van der Waals surface area contributed by atoms with Gasteiger partial charge in [0.25, 0.3) is 0 Å². The Labute approximate surface area is 53.8 Å². The molecule has 0 spiro atoms. The molecule has 0 aliphatic carbocycles. The van der Waals surface area contributed by atoms with Crippen LogP contribution < -0.4 is 0 Å². The molecule has 0 aliphatic heterocycles. The standard InChI is InChI=1S/C3H4O2.C2H5Cl/c1-2-3(4)5;1-2-3/h2H,1H2,(H,4,5);2H2,1H3. The fourth-order valence-electron chi connectivity index (χ4n) is 0. The molecule has 0 fully saturated rings. The van der Waals surface area contributed by atoms with Gasteiger partial charge in [0.05, 0.1) is 0 Å². The molecule has 0 aromatic rings. The van der Waals surface area contributed by atoms with E-state index in [0.29, 0.717) is 0 Å². The maximum atomic E-state index is 9.25. The summed E-state index contributed by atoms with van der Waals surface area (Å²) in [5.74, 6) is -0.259. The normalized spacial score (nSPS) is 6.25. The predicted molar refractivity (Wildman–Crippen MR) is 34.2 cm³/mol. The van der Waals surface area contributed by atoms with Crippen molar-refractivity contribution in [3.63, 3.8) is 0 Å². The van der Waals surface area contributed by atoms with Gasteiger partial charge in [-0.1, -0.05) is 13.5 Å². The van der Waals surface area contributed by atoms with Crippen molar-refractivity contribution >= 4 is 17.6 Å². The summed E-state index contributed by atoms with van der Waals surface area (Å²) < 4.78 is 0. The molecule has 0 aromatic carbocycles. The van der Waals surface area contributed by atoms with E-state index in [-0.39, 0.29) is 0 Å². The number of aliphatic carboxylic acids is 1. The molecule has 0 amide bonds. The lowest BCUT2D eigenvalue weighted by Crippen LogP contribution is -1.82. The van der Waals surface area contributed by atoms with E-state index in [9.17, 15) is 4.79 Å². The van der Waals surface area contributed by atoms with Crippen molar-refractivity contribution in [2.45, 2.75) is 6.92 Å². The summed E-state index contributed by atoms with van der Waals surface area (Å²) in [5, 5.41) is 7.60. The fraction of sp³-hybridized carbons (Fsp3) is 0.400. The Morgan fingerprint density at radius 2 is 2.12 bits per heavy atom. The summed E-state index contributed by atoms with van der Waals surface area (Å²) >= 11 is 5.00. The Morgan fingerprint density at radius 1 is 2.00 bits per heavy atom. The topological polar surface area (TPSA) is 37.3 Å². The van der Waals surface area contributed by atoms with E-state index in [4.69, 9.17) is 16.7 Å². The van der Waals surface area contributed by atoms with E-state index in [2.05, 4.69) is 6.58 Å². The minimum Gasteiger partial charge on any atom is -0.478 e. The number of hydrogen-bond acceptors (Lipinski definition) is 1. The molecule has 0 rings (SSSR count). The summed E-state index contributed by atoms with van der Waals surface area (Å²) in [6.45, 7) is 4.85. The molecular formula is C5H9ClO2. The number of carboxylic acids is 1. The fourth-order valence-corrected chi connectivity index (χ4v) is 0. The van der Waals surface area contributed by atoms with Crippen molar-refractivity contribution in [2.24, 2.45) is 0 Å². The molecule has 0 aromatic heterocycles. The second-order valence-corrected chi connectivity index (χ2v) is 1.34. The molecule has 48 valence electrons. The largest absolute Gasteiger partial charge is 0.478 e. The Bertz CT molecular complexity index is 70.8. The van der Waals surface area contributed by atoms with Crippen molar-refractivity contribution in [3.05, 3.63) is 12.7 Å². The van der Waals surface area contributed by atoms with Gasteiger partial charge in [0, 0.05) is 12.0 Å². The van der Waals surface area contributed by atoms with Gasteiger partial charge in [-0.3, -0.25) is 0 Å². The van der Waals surface area contributed by atoms with Gasteiger partial charge in [-0.25, -0.2) is 4.79 Å². The van der Waals surface area contributed by atoms with E-state index in [1.807, 2.05) is 6.92 Å². The van der Waals surface area contributed by atoms with Crippen LogP contribution in [0.2, 0.25) is 0 Å². The van der Waals surface area contributed by atoms with Gasteiger partial charge in [0.2, 0.25) is 0 Å². The zero-order chi connectivity index (χ0) is 6.99. The third-order valence-electron chi connectivity index (χ3n) is 0.175. The van der Waals surface area contributed by atoms with Gasteiger partial charge < -0.3 is 5.11 Å². The maximum Gasteiger partial charge on any atom is 0.327 e. The third-order valence-corrected chi connectivity index (χ3v) is 0.175. The Morgan fingerprint density at radius 3 is 2.12 bits per heavy atom. The van der Waals surface area contributed by atoms with E-state index < -0.39 is 5.97 Å². The molecule has 0 bridgehead atoms. The average molecular weight is 137 g/mol. The van der Waals surface area contributed by atoms with Crippen molar-refractivity contribution in [1.29, 1.82) is 0 Å². The van der Waals surface area contributed by atoms with Crippen LogP contribution in [0.25, 0.3) is 0 Å². The van der Waals surface area contributed by atoms with Crippen LogP contribution in [-0.4, -0.2) is 17.0 Å². The average Bonchev–Trinajstić information content (AvgIpc) is 1.69. The first-order valence-electron chi connectivity index (χ1n) is 2.10. The monoisotopic (exact) mass is 136 g/mol. The Kier molecular flexibility index (Phi) is 12.7. The van der Waals surface area contributed by atoms with Crippen molar-refractivity contribution in [1.82, 2.24) is 0 Å². The van der Waals surface area contributed by atoms with E-state index in [0.717, 1.165) is 12.0 Å². The predicted octanol–water partition coefficient (Wildman–Crippen LogP) is 1.50. The van der Waals surface area contributed by atoms with Crippen molar-refractivity contribution in [2.75, 3.05) is 5.88 Å². The number of rotatable bonds is 1. The lowest BCUT2D eigenvalue weighted by atomic mass is 10.7. The number of carboxylic acid groups (broad SMARTS) is 1. The lowest BCUT2D eigenvalue weighted by Gasteiger charge is -1.64. The second-order valence-electron chi connectivity index (χ2n) is 0.810. The highest BCUT2D eigenvalue weighted by Gasteiger charge is 1.73. The number of halogens is 1. The zero-order valence-electron chi connectivity index (χ0n) is 4.72. The molecule has 0 atom stereocenters. The van der Waals surface area contributed by atoms with E-state index in [1.165, 1.54) is 0 Å². The van der Waals surface area contributed by atoms with Crippen LogP contribution in [0.4, 0.5) is 0 Å². The molecule has 0 saturated heterocycles. The minimum absolute atomic E-state index is 0.722. The molecule has 8 heavy (non-hydrogen) atoms. The van der Waals surface area contributed by atoms with Crippen LogP contribution in [0.15, 0.2) is 12.7 Å². The second kappa shape index (κ2) is 9.71. The smallest absolute Gasteiger partial charge is 0.327 e. The first-order valence-corrected chi connectivity index (χ1v) is 2.63. The minimum atomic E-state index is -0.981. The molecule has 2 nitrogen and oxygen atoms in total. The molecular weight excluding hydrogens is 128 g/mol. The summed E-state index contributed by atoms with van der Waals surface area (Å²) in [6, 6.07) is 0.